The Morgan fingerprint density at radius 2 is 1.59 bits per heavy atom. The van der Waals surface area contributed by atoms with Crippen molar-refractivity contribution < 1.29 is 17.9 Å². The number of rotatable bonds is 5. The Labute approximate surface area is 162 Å². The van der Waals surface area contributed by atoms with Crippen molar-refractivity contribution in [3.8, 4) is 0 Å². The highest BCUT2D eigenvalue weighted by atomic mass is 32.2. The van der Waals surface area contributed by atoms with E-state index in [0.717, 1.165) is 5.56 Å². The number of aryl methyl sites for hydroxylation is 1. The van der Waals surface area contributed by atoms with Crippen LogP contribution < -0.4 is 0 Å². The lowest BCUT2D eigenvalue weighted by molar-refractivity contribution is -0.132. The highest BCUT2D eigenvalue weighted by molar-refractivity contribution is 7.86. The lowest BCUT2D eigenvalue weighted by Crippen LogP contribution is -2.57. The lowest BCUT2D eigenvalue weighted by Gasteiger charge is -2.40. The highest BCUT2D eigenvalue weighted by Crippen LogP contribution is 2.19. The largest absolute Gasteiger partial charge is 0.373 e. The molecule has 2 unspecified atom stereocenters. The summed E-state index contributed by atoms with van der Waals surface area (Å²) < 4.78 is 34.5. The molecule has 0 bridgehead atoms. The van der Waals surface area contributed by atoms with Gasteiger partial charge in [0.1, 0.15) is 0 Å². The van der Waals surface area contributed by atoms with Gasteiger partial charge in [0, 0.05) is 45.7 Å². The van der Waals surface area contributed by atoms with Crippen LogP contribution in [0.2, 0.25) is 0 Å². The van der Waals surface area contributed by atoms with Crippen LogP contribution in [-0.2, 0) is 26.2 Å². The average Bonchev–Trinajstić information content (AvgIpc) is 2.66. The topological polar surface area (TPSA) is 70.2 Å². The molecule has 2 heterocycles. The Morgan fingerprint density at radius 1 is 1.00 bits per heavy atom. The summed E-state index contributed by atoms with van der Waals surface area (Å²) in [6.45, 7) is 6.12. The summed E-state index contributed by atoms with van der Waals surface area (Å²) in [6, 6.07) is 9.93. The van der Waals surface area contributed by atoms with E-state index in [4.69, 9.17) is 4.74 Å². The summed E-state index contributed by atoms with van der Waals surface area (Å²) in [5.41, 5.74) is 1.14. The molecule has 3 rings (SSSR count). The van der Waals surface area contributed by atoms with Crippen molar-refractivity contribution >= 4 is 16.1 Å². The van der Waals surface area contributed by atoms with Crippen LogP contribution in [0.25, 0.3) is 0 Å². The minimum Gasteiger partial charge on any atom is -0.373 e. The molecule has 0 saturated carbocycles. The van der Waals surface area contributed by atoms with Crippen LogP contribution >= 0.6 is 0 Å². The number of carbonyl (C=O) groups excluding carboxylic acids is 1. The van der Waals surface area contributed by atoms with Crippen LogP contribution in [0.3, 0.4) is 0 Å². The molecule has 27 heavy (non-hydrogen) atoms. The second kappa shape index (κ2) is 8.68. The zero-order chi connectivity index (χ0) is 19.4. The van der Waals surface area contributed by atoms with E-state index in [1.807, 2.05) is 44.2 Å². The molecule has 1 aromatic rings. The Balaban J connectivity index is 1.51. The number of hydrogen-bond acceptors (Lipinski definition) is 4. The van der Waals surface area contributed by atoms with Gasteiger partial charge in [-0.25, -0.2) is 0 Å². The number of benzene rings is 1. The maximum atomic E-state index is 12.9. The number of hydrogen-bond donors (Lipinski definition) is 0. The Kier molecular flexibility index (Phi) is 6.52. The van der Waals surface area contributed by atoms with Crippen LogP contribution in [-0.4, -0.2) is 79.3 Å². The van der Waals surface area contributed by atoms with Crippen LogP contribution in [0.1, 0.15) is 25.8 Å². The molecule has 0 spiro atoms. The van der Waals surface area contributed by atoms with Gasteiger partial charge in [-0.3, -0.25) is 4.79 Å². The van der Waals surface area contributed by atoms with Gasteiger partial charge in [0.05, 0.1) is 12.2 Å². The molecule has 2 fully saturated rings. The molecule has 2 atom stereocenters. The van der Waals surface area contributed by atoms with Crippen molar-refractivity contribution in [1.82, 2.24) is 13.5 Å². The van der Waals surface area contributed by atoms with E-state index < -0.39 is 10.2 Å². The van der Waals surface area contributed by atoms with Gasteiger partial charge >= 0.3 is 0 Å². The summed E-state index contributed by atoms with van der Waals surface area (Å²) in [7, 11) is -3.51. The number of amides is 1. The van der Waals surface area contributed by atoms with Crippen LogP contribution in [0.15, 0.2) is 30.3 Å². The second-order valence-corrected chi connectivity index (χ2v) is 9.28. The normalized spacial score (nSPS) is 25.5. The van der Waals surface area contributed by atoms with Gasteiger partial charge in [-0.1, -0.05) is 30.3 Å². The summed E-state index contributed by atoms with van der Waals surface area (Å²) >= 11 is 0. The zero-order valence-electron chi connectivity index (χ0n) is 16.1. The molecule has 2 aliphatic heterocycles. The minimum absolute atomic E-state index is 0.0875. The average molecular weight is 396 g/mol. The van der Waals surface area contributed by atoms with E-state index in [1.54, 1.807) is 4.90 Å². The highest BCUT2D eigenvalue weighted by Gasteiger charge is 2.37. The standard InChI is InChI=1S/C19H29N3O4S/c1-16-14-22(15-17(2)26-16)27(24,25)21-12-10-20(11-13-21)19(23)9-8-18-6-4-3-5-7-18/h3-7,16-17H,8-15H2,1-2H3. The van der Waals surface area contributed by atoms with Crippen LogP contribution in [0.5, 0.6) is 0 Å². The Bertz CT molecular complexity index is 723. The Morgan fingerprint density at radius 3 is 2.19 bits per heavy atom. The number of nitrogens with zero attached hydrogens (tertiary/aromatic N) is 3. The third-order valence-electron chi connectivity index (χ3n) is 5.10. The smallest absolute Gasteiger partial charge is 0.282 e. The first-order valence-corrected chi connectivity index (χ1v) is 11.0. The molecule has 8 heteroatoms. The number of morpholine rings is 1. The summed E-state index contributed by atoms with van der Waals surface area (Å²) in [5.74, 6) is 0.0875. The first kappa shape index (κ1) is 20.3. The van der Waals surface area contributed by atoms with Crippen molar-refractivity contribution in [2.75, 3.05) is 39.3 Å². The van der Waals surface area contributed by atoms with Crippen molar-refractivity contribution in [3.05, 3.63) is 35.9 Å². The molecule has 0 N–H and O–H groups in total. The van der Waals surface area contributed by atoms with Gasteiger partial charge in [-0.05, 0) is 25.8 Å². The molecule has 7 nitrogen and oxygen atoms in total. The first-order valence-electron chi connectivity index (χ1n) is 9.58. The number of carbonyl (C=O) groups is 1. The van der Waals surface area contributed by atoms with Gasteiger partial charge in [0.15, 0.2) is 0 Å². The number of piperazine rings is 1. The lowest BCUT2D eigenvalue weighted by atomic mass is 10.1. The molecule has 2 aliphatic rings. The summed E-state index contributed by atoms with van der Waals surface area (Å²) in [4.78, 5) is 14.2. The van der Waals surface area contributed by atoms with Gasteiger partial charge in [-0.15, -0.1) is 0 Å². The van der Waals surface area contributed by atoms with E-state index in [1.165, 1.54) is 8.61 Å². The first-order chi connectivity index (χ1) is 12.9. The van der Waals surface area contributed by atoms with Crippen molar-refractivity contribution in [3.63, 3.8) is 0 Å². The quantitative estimate of drug-likeness (QED) is 0.749. The van der Waals surface area contributed by atoms with E-state index in [-0.39, 0.29) is 18.1 Å². The third kappa shape index (κ3) is 5.07. The molecule has 0 aromatic heterocycles. The van der Waals surface area contributed by atoms with Crippen LogP contribution in [0.4, 0.5) is 0 Å². The Hall–Kier alpha value is -1.48. The molecule has 150 valence electrons. The van der Waals surface area contributed by atoms with Crippen molar-refractivity contribution in [2.24, 2.45) is 0 Å². The summed E-state index contributed by atoms with van der Waals surface area (Å²) in [6.07, 6.45) is 0.950. The van der Waals surface area contributed by atoms with Crippen molar-refractivity contribution in [2.45, 2.75) is 38.9 Å². The summed E-state index contributed by atoms with van der Waals surface area (Å²) in [5, 5.41) is 0. The predicted octanol–water partition coefficient (Wildman–Crippen LogP) is 1.12. The molecule has 0 aliphatic carbocycles. The molecule has 2 saturated heterocycles. The van der Waals surface area contributed by atoms with Crippen molar-refractivity contribution in [1.29, 1.82) is 0 Å². The monoisotopic (exact) mass is 395 g/mol. The van der Waals surface area contributed by atoms with E-state index in [9.17, 15) is 13.2 Å². The number of ether oxygens (including phenoxy) is 1. The molecule has 0 radical (unpaired) electrons. The molecule has 1 amide bonds. The van der Waals surface area contributed by atoms with E-state index in [0.29, 0.717) is 52.1 Å². The van der Waals surface area contributed by atoms with Gasteiger partial charge in [0.25, 0.3) is 10.2 Å². The van der Waals surface area contributed by atoms with Gasteiger partial charge in [-0.2, -0.15) is 17.0 Å². The zero-order valence-corrected chi connectivity index (χ0v) is 16.9. The fourth-order valence-corrected chi connectivity index (χ4v) is 5.45. The molecular weight excluding hydrogens is 366 g/mol. The van der Waals surface area contributed by atoms with Gasteiger partial charge in [0.2, 0.25) is 5.91 Å². The third-order valence-corrected chi connectivity index (χ3v) is 7.07. The SMILES string of the molecule is CC1CN(S(=O)(=O)N2CCN(C(=O)CCc3ccccc3)CC2)CC(C)O1. The van der Waals surface area contributed by atoms with Crippen LogP contribution in [0, 0.1) is 0 Å². The second-order valence-electron chi connectivity index (χ2n) is 7.35. The molecule has 1 aromatic carbocycles. The maximum absolute atomic E-state index is 12.9. The maximum Gasteiger partial charge on any atom is 0.282 e. The van der Waals surface area contributed by atoms with E-state index >= 15 is 0 Å². The molecular formula is C19H29N3O4S. The minimum atomic E-state index is -3.51. The van der Waals surface area contributed by atoms with Gasteiger partial charge < -0.3 is 9.64 Å². The fourth-order valence-electron chi connectivity index (χ4n) is 3.70. The predicted molar refractivity (Wildman–Crippen MR) is 103 cm³/mol. The fraction of sp³-hybridized carbons (Fsp3) is 0.632. The van der Waals surface area contributed by atoms with E-state index in [2.05, 4.69) is 0 Å².